The number of methoxy groups -OCH3 is 3. The van der Waals surface area contributed by atoms with Gasteiger partial charge >= 0.3 is 0 Å². The molecule has 0 heterocycles. The first-order chi connectivity index (χ1) is 6.76. The molecule has 3 nitrogen and oxygen atoms in total. The van der Waals surface area contributed by atoms with Crippen molar-refractivity contribution in [2.75, 3.05) is 21.3 Å². The second-order valence-corrected chi connectivity index (χ2v) is 2.74. The van der Waals surface area contributed by atoms with Gasteiger partial charge in [0.1, 0.15) is 0 Å². The molecule has 0 aliphatic carbocycles. The first-order valence-electron chi connectivity index (χ1n) is 4.25. The molecular formula is C11H14O3. The normalized spacial score (nSPS) is 9.71. The summed E-state index contributed by atoms with van der Waals surface area (Å²) in [5.41, 5.74) is 0.944. The van der Waals surface area contributed by atoms with E-state index < -0.39 is 0 Å². The molecule has 0 aliphatic rings. The number of hydrogen-bond acceptors (Lipinski definition) is 3. The molecule has 2 radical (unpaired) electrons. The highest BCUT2D eigenvalue weighted by molar-refractivity contribution is 5.53. The molecule has 0 N–H and O–H groups in total. The molecule has 0 aliphatic heterocycles. The van der Waals surface area contributed by atoms with Gasteiger partial charge in [0, 0.05) is 0 Å². The van der Waals surface area contributed by atoms with Crippen LogP contribution in [0.4, 0.5) is 0 Å². The van der Waals surface area contributed by atoms with E-state index in [0.29, 0.717) is 23.7 Å². The van der Waals surface area contributed by atoms with E-state index in [0.717, 1.165) is 5.56 Å². The molecule has 0 saturated heterocycles. The minimum absolute atomic E-state index is 0.441. The highest BCUT2D eigenvalue weighted by atomic mass is 16.5. The maximum atomic E-state index is 5.54. The quantitative estimate of drug-likeness (QED) is 0.733. The van der Waals surface area contributed by atoms with Crippen molar-refractivity contribution >= 4 is 0 Å². The number of ether oxygens (including phenoxy) is 3. The van der Waals surface area contributed by atoms with Crippen molar-refractivity contribution in [2.24, 2.45) is 0 Å². The zero-order chi connectivity index (χ0) is 10.6. The minimum Gasteiger partial charge on any atom is -0.493 e. The lowest BCUT2D eigenvalue weighted by Gasteiger charge is -2.13. The lowest BCUT2D eigenvalue weighted by atomic mass is 10.1. The summed E-state index contributed by atoms with van der Waals surface area (Å²) in [4.78, 5) is 0. The Kier molecular flexibility index (Phi) is 3.63. The Bertz CT molecular complexity index is 282. The Morgan fingerprint density at radius 3 is 1.79 bits per heavy atom. The van der Waals surface area contributed by atoms with Crippen LogP contribution in [0.1, 0.15) is 5.56 Å². The zero-order valence-corrected chi connectivity index (χ0v) is 8.66. The molecule has 1 rings (SSSR count). The molecule has 0 atom stereocenters. The summed E-state index contributed by atoms with van der Waals surface area (Å²) in [6, 6.07) is 3.67. The molecule has 0 amide bonds. The lowest BCUT2D eigenvalue weighted by Crippen LogP contribution is -1.96. The molecular weight excluding hydrogens is 180 g/mol. The molecule has 0 saturated carbocycles. The number of benzene rings is 1. The summed E-state index contributed by atoms with van der Waals surface area (Å²) in [7, 11) is 4.73. The van der Waals surface area contributed by atoms with Crippen LogP contribution in [0.25, 0.3) is 0 Å². The predicted octanol–water partition coefficient (Wildman–Crippen LogP) is 1.97. The Balaban J connectivity index is 3.24. The molecule has 14 heavy (non-hydrogen) atoms. The third-order valence-corrected chi connectivity index (χ3v) is 1.96. The van der Waals surface area contributed by atoms with Gasteiger partial charge in [-0.3, -0.25) is 0 Å². The van der Waals surface area contributed by atoms with Gasteiger partial charge in [-0.15, -0.1) is 0 Å². The maximum absolute atomic E-state index is 5.54. The number of hydrogen-bond donors (Lipinski definition) is 0. The Hall–Kier alpha value is -1.38. The van der Waals surface area contributed by atoms with E-state index in [9.17, 15) is 0 Å². The van der Waals surface area contributed by atoms with Crippen molar-refractivity contribution in [2.45, 2.75) is 6.42 Å². The van der Waals surface area contributed by atoms with E-state index in [1.165, 1.54) is 0 Å². The molecule has 0 aromatic heterocycles. The second kappa shape index (κ2) is 4.74. The van der Waals surface area contributed by atoms with Gasteiger partial charge in [-0.05, 0) is 31.0 Å². The molecule has 3 heteroatoms. The highest BCUT2D eigenvalue weighted by Crippen LogP contribution is 2.38. The summed E-state index contributed by atoms with van der Waals surface area (Å²) < 4.78 is 15.5. The SMILES string of the molecule is [CH]Cc1cc(OC)c(OC)c(OC)c1. The molecule has 0 fully saturated rings. The zero-order valence-electron chi connectivity index (χ0n) is 8.66. The first-order valence-corrected chi connectivity index (χ1v) is 4.25. The van der Waals surface area contributed by atoms with Crippen molar-refractivity contribution in [3.63, 3.8) is 0 Å². The fourth-order valence-corrected chi connectivity index (χ4v) is 1.25. The smallest absolute Gasteiger partial charge is 0.203 e. The van der Waals surface area contributed by atoms with Crippen molar-refractivity contribution in [3.8, 4) is 17.2 Å². The van der Waals surface area contributed by atoms with Crippen molar-refractivity contribution < 1.29 is 14.2 Å². The third kappa shape index (κ3) is 1.92. The van der Waals surface area contributed by atoms with Crippen LogP contribution in [0.3, 0.4) is 0 Å². The highest BCUT2D eigenvalue weighted by Gasteiger charge is 2.11. The number of rotatable bonds is 4. The van der Waals surface area contributed by atoms with Gasteiger partial charge in [-0.2, -0.15) is 0 Å². The van der Waals surface area contributed by atoms with Gasteiger partial charge < -0.3 is 14.2 Å². The monoisotopic (exact) mass is 194 g/mol. The fraction of sp³-hybridized carbons (Fsp3) is 0.364. The van der Waals surface area contributed by atoms with E-state index in [1.54, 1.807) is 21.3 Å². The standard InChI is InChI=1S/C11H14O3/c1-5-8-6-9(12-2)11(14-4)10(7-8)13-3/h1,6-7H,5H2,2-4H3. The topological polar surface area (TPSA) is 27.7 Å². The summed E-state index contributed by atoms with van der Waals surface area (Å²) in [6.45, 7) is 5.54. The summed E-state index contributed by atoms with van der Waals surface area (Å²) in [6.07, 6.45) is 0.441. The average Bonchev–Trinajstić information content (AvgIpc) is 2.26. The van der Waals surface area contributed by atoms with Crippen molar-refractivity contribution in [1.29, 1.82) is 0 Å². The predicted molar refractivity (Wildman–Crippen MR) is 54.1 cm³/mol. The van der Waals surface area contributed by atoms with Gasteiger partial charge in [0.25, 0.3) is 0 Å². The molecule has 0 unspecified atom stereocenters. The van der Waals surface area contributed by atoms with Gasteiger partial charge in [-0.1, -0.05) is 0 Å². The summed E-state index contributed by atoms with van der Waals surface area (Å²) >= 11 is 0. The van der Waals surface area contributed by atoms with Gasteiger partial charge in [0.2, 0.25) is 5.75 Å². The van der Waals surface area contributed by atoms with E-state index >= 15 is 0 Å². The molecule has 0 spiro atoms. The van der Waals surface area contributed by atoms with Crippen LogP contribution in [0.5, 0.6) is 17.2 Å². The van der Waals surface area contributed by atoms with Crippen LogP contribution >= 0.6 is 0 Å². The largest absolute Gasteiger partial charge is 0.493 e. The maximum Gasteiger partial charge on any atom is 0.203 e. The minimum atomic E-state index is 0.441. The van der Waals surface area contributed by atoms with Crippen LogP contribution in [-0.2, 0) is 6.42 Å². The Morgan fingerprint density at radius 1 is 1.00 bits per heavy atom. The van der Waals surface area contributed by atoms with E-state index in [-0.39, 0.29) is 0 Å². The van der Waals surface area contributed by atoms with Crippen LogP contribution in [0.2, 0.25) is 0 Å². The Morgan fingerprint density at radius 2 is 1.50 bits per heavy atom. The van der Waals surface area contributed by atoms with E-state index in [4.69, 9.17) is 21.1 Å². The lowest BCUT2D eigenvalue weighted by molar-refractivity contribution is 0.324. The fourth-order valence-electron chi connectivity index (χ4n) is 1.25. The van der Waals surface area contributed by atoms with Gasteiger partial charge in [0.15, 0.2) is 11.5 Å². The summed E-state index contributed by atoms with van der Waals surface area (Å²) in [5, 5.41) is 0. The third-order valence-electron chi connectivity index (χ3n) is 1.96. The van der Waals surface area contributed by atoms with Crippen LogP contribution in [0.15, 0.2) is 12.1 Å². The second-order valence-electron chi connectivity index (χ2n) is 2.74. The molecule has 0 bridgehead atoms. The Labute approximate surface area is 84.6 Å². The van der Waals surface area contributed by atoms with Crippen molar-refractivity contribution in [1.82, 2.24) is 0 Å². The first kappa shape index (κ1) is 10.7. The van der Waals surface area contributed by atoms with Crippen LogP contribution in [0, 0.1) is 6.92 Å². The van der Waals surface area contributed by atoms with Crippen molar-refractivity contribution in [3.05, 3.63) is 24.6 Å². The summed E-state index contributed by atoms with van der Waals surface area (Å²) in [5.74, 6) is 1.85. The van der Waals surface area contributed by atoms with Crippen LogP contribution < -0.4 is 14.2 Å². The van der Waals surface area contributed by atoms with Gasteiger partial charge in [-0.25, -0.2) is 0 Å². The van der Waals surface area contributed by atoms with E-state index in [1.807, 2.05) is 12.1 Å². The molecule has 1 aromatic carbocycles. The van der Waals surface area contributed by atoms with Gasteiger partial charge in [0.05, 0.1) is 21.3 Å². The molecule has 1 aromatic rings. The van der Waals surface area contributed by atoms with E-state index in [2.05, 4.69) is 0 Å². The van der Waals surface area contributed by atoms with Crippen LogP contribution in [-0.4, -0.2) is 21.3 Å². The molecule has 76 valence electrons. The average molecular weight is 194 g/mol.